The van der Waals surface area contributed by atoms with Gasteiger partial charge in [0.25, 0.3) is 0 Å². The molecule has 0 heterocycles. The van der Waals surface area contributed by atoms with E-state index in [1.165, 1.54) is 70.6 Å². The molecule has 0 amide bonds. The fourth-order valence-corrected chi connectivity index (χ4v) is 6.26. The standard InChI is InChI=1S/4C8H18.5C7H16/c1-7(2)6-8(3,4)5;1-6-7(2)8(3,4)5;1-6-8(4,5)7(2)3;1-6(2)8(5)7(3)4;1-6(2)5-7(3)4;1-5-6-7(2,3)4;2*1-5-7(4)6(2)3;1-4-5-6-7(2)3/h3*7H,6H2,1-5H3;6-8H,1-5H3;6-7H,5H2,1-4H3;5-6H2,1-4H3;2*6-7H,5H2,1-4H3;7H,4-6H2,1-3H3. The fraction of sp³-hybridized carbons (Fsp3) is 1.00. The van der Waals surface area contributed by atoms with Crippen LogP contribution < -0.4 is 0 Å². The summed E-state index contributed by atoms with van der Waals surface area (Å²) in [6.45, 7) is 88.8. The zero-order valence-electron chi connectivity index (χ0n) is 56.3. The highest BCUT2D eigenvalue weighted by molar-refractivity contribution is 4.69. The maximum atomic E-state index is 2.32. The molecule has 420 valence electrons. The second-order valence-electron chi connectivity index (χ2n) is 28.8. The van der Waals surface area contributed by atoms with Crippen molar-refractivity contribution in [3.63, 3.8) is 0 Å². The van der Waals surface area contributed by atoms with Gasteiger partial charge < -0.3 is 0 Å². The van der Waals surface area contributed by atoms with Gasteiger partial charge in [0.15, 0.2) is 0 Å². The lowest BCUT2D eigenvalue weighted by Crippen LogP contribution is -2.17. The van der Waals surface area contributed by atoms with Crippen LogP contribution in [0.3, 0.4) is 0 Å². The third-order valence-electron chi connectivity index (χ3n) is 14.3. The topological polar surface area (TPSA) is 0 Å². The van der Waals surface area contributed by atoms with Crippen LogP contribution in [0, 0.1) is 98.6 Å². The average Bonchev–Trinajstić information content (AvgIpc) is 3.15. The highest BCUT2D eigenvalue weighted by Gasteiger charge is 2.19. The number of unbranched alkanes of at least 4 members (excludes halogenated alkanes) is 1. The first-order chi connectivity index (χ1) is 29.8. The maximum Gasteiger partial charge on any atom is -0.0334 e. The Balaban J connectivity index is -0.0000000808. The van der Waals surface area contributed by atoms with E-state index < -0.39 is 0 Å². The molecule has 0 N–H and O–H groups in total. The van der Waals surface area contributed by atoms with Crippen LogP contribution in [-0.4, -0.2) is 0 Å². The number of hydrogen-bond acceptors (Lipinski definition) is 0. The van der Waals surface area contributed by atoms with E-state index >= 15 is 0 Å². The number of hydrogen-bond donors (Lipinski definition) is 0. The van der Waals surface area contributed by atoms with Crippen molar-refractivity contribution in [1.29, 1.82) is 0 Å². The van der Waals surface area contributed by atoms with Gasteiger partial charge in [-0.05, 0) is 118 Å². The molecule has 3 unspecified atom stereocenters. The summed E-state index contributed by atoms with van der Waals surface area (Å²) in [5.41, 5.74) is 2.12. The fourth-order valence-electron chi connectivity index (χ4n) is 6.26. The lowest BCUT2D eigenvalue weighted by Gasteiger charge is -2.27. The van der Waals surface area contributed by atoms with Crippen LogP contribution in [0.5, 0.6) is 0 Å². The normalized spacial score (nSPS) is 13.0. The van der Waals surface area contributed by atoms with Gasteiger partial charge in [0.05, 0.1) is 0 Å². The minimum absolute atomic E-state index is 0.509. The van der Waals surface area contributed by atoms with Gasteiger partial charge in [-0.25, -0.2) is 0 Å². The predicted octanol–water partition coefficient (Wildman–Crippen LogP) is 25.9. The van der Waals surface area contributed by atoms with Crippen molar-refractivity contribution in [3.05, 3.63) is 0 Å². The Morgan fingerprint density at radius 3 is 0.716 bits per heavy atom. The van der Waals surface area contributed by atoms with E-state index in [1.54, 1.807) is 0 Å². The van der Waals surface area contributed by atoms with Crippen molar-refractivity contribution >= 4 is 0 Å². The molecule has 0 saturated heterocycles. The highest BCUT2D eigenvalue weighted by atomic mass is 14.2. The van der Waals surface area contributed by atoms with Crippen molar-refractivity contribution in [3.8, 4) is 0 Å². The van der Waals surface area contributed by atoms with E-state index in [1.807, 2.05) is 0 Å². The quantitative estimate of drug-likeness (QED) is 0.145. The van der Waals surface area contributed by atoms with E-state index in [-0.39, 0.29) is 0 Å². The van der Waals surface area contributed by atoms with Crippen LogP contribution in [0.25, 0.3) is 0 Å². The Kier molecular flexibility index (Phi) is 65.9. The molecule has 0 radical (unpaired) electrons. The summed E-state index contributed by atoms with van der Waals surface area (Å²) in [5, 5.41) is 0. The molecule has 0 rings (SSSR count). The van der Waals surface area contributed by atoms with Crippen LogP contribution >= 0.6 is 0 Å². The van der Waals surface area contributed by atoms with Crippen LogP contribution in [0.15, 0.2) is 0 Å². The molecule has 0 spiro atoms. The molecule has 0 saturated carbocycles. The minimum Gasteiger partial charge on any atom is -0.0654 e. The molecule has 0 aliphatic rings. The largest absolute Gasteiger partial charge is 0.0654 e. The Bertz CT molecular complexity index is 840. The summed E-state index contributed by atoms with van der Waals surface area (Å²) in [6, 6.07) is 0. The lowest BCUT2D eigenvalue weighted by atomic mass is 9.79. The zero-order chi connectivity index (χ0) is 56.3. The highest BCUT2D eigenvalue weighted by Crippen LogP contribution is 2.29. The monoisotopic (exact) mass is 957 g/mol. The first kappa shape index (κ1) is 86.8. The van der Waals surface area contributed by atoms with Gasteiger partial charge >= 0.3 is 0 Å². The molecule has 3 atom stereocenters. The Morgan fingerprint density at radius 1 is 0.358 bits per heavy atom. The summed E-state index contributed by atoms with van der Waals surface area (Å²) in [4.78, 5) is 0. The molecule has 0 aliphatic carbocycles. The van der Waals surface area contributed by atoms with Crippen molar-refractivity contribution in [1.82, 2.24) is 0 Å². The summed E-state index contributed by atoms with van der Waals surface area (Å²) < 4.78 is 0. The van der Waals surface area contributed by atoms with Gasteiger partial charge in [0.1, 0.15) is 0 Å². The van der Waals surface area contributed by atoms with E-state index in [2.05, 4.69) is 270 Å². The first-order valence-electron chi connectivity index (χ1n) is 29.8. The third kappa shape index (κ3) is 92.7. The lowest BCUT2D eigenvalue weighted by molar-refractivity contribution is 0.240. The molecule has 0 aromatic rings. The van der Waals surface area contributed by atoms with Crippen LogP contribution in [0.4, 0.5) is 0 Å². The van der Waals surface area contributed by atoms with Gasteiger partial charge in [0, 0.05) is 0 Å². The smallest absolute Gasteiger partial charge is 0.0334 e. The SMILES string of the molecule is CC(C)C(C)C(C)C.CC(C)CC(C)(C)C.CC(C)CC(C)C.CCC(C)(C)C(C)C.CCC(C)C(C)(C)C.CCC(C)C(C)C.CCC(C)C(C)C.CCCC(C)(C)C.CCCCC(C)C. The molecule has 0 aromatic heterocycles. The second kappa shape index (κ2) is 50.9. The Morgan fingerprint density at radius 2 is 0.701 bits per heavy atom. The van der Waals surface area contributed by atoms with Crippen LogP contribution in [0.1, 0.15) is 341 Å². The van der Waals surface area contributed by atoms with E-state index in [9.17, 15) is 0 Å². The molecule has 0 aliphatic heterocycles. The molecule has 0 bridgehead atoms. The van der Waals surface area contributed by atoms with Crippen molar-refractivity contribution in [2.75, 3.05) is 0 Å². The summed E-state index contributed by atoms with van der Waals surface area (Å²) >= 11 is 0. The van der Waals surface area contributed by atoms with E-state index in [0.29, 0.717) is 21.7 Å². The average molecular weight is 958 g/mol. The van der Waals surface area contributed by atoms with Gasteiger partial charge in [0.2, 0.25) is 0 Å². The predicted molar refractivity (Wildman–Crippen MR) is 327 cm³/mol. The van der Waals surface area contributed by atoms with Gasteiger partial charge in [-0.15, -0.1) is 0 Å². The van der Waals surface area contributed by atoms with Crippen LogP contribution in [0.2, 0.25) is 0 Å². The summed E-state index contributed by atoms with van der Waals surface area (Å²) in [5.74, 6) is 11.2. The molecule has 67 heavy (non-hydrogen) atoms. The van der Waals surface area contributed by atoms with Gasteiger partial charge in [-0.2, -0.15) is 0 Å². The summed E-state index contributed by atoms with van der Waals surface area (Å²) in [7, 11) is 0. The third-order valence-corrected chi connectivity index (χ3v) is 14.3. The first-order valence-corrected chi connectivity index (χ1v) is 29.8. The van der Waals surface area contributed by atoms with E-state index in [0.717, 1.165) is 76.9 Å². The molecular weight excluding hydrogens is 805 g/mol. The molecular formula is C67H152. The molecule has 0 aromatic carbocycles. The number of rotatable bonds is 16. The minimum atomic E-state index is 0.509. The Hall–Kier alpha value is 0. The maximum absolute atomic E-state index is 2.32. The molecule has 0 nitrogen and oxygen atoms in total. The second-order valence-corrected chi connectivity index (χ2v) is 28.8. The Labute approximate surface area is 437 Å². The van der Waals surface area contributed by atoms with E-state index in [4.69, 9.17) is 0 Å². The van der Waals surface area contributed by atoms with Gasteiger partial charge in [-0.3, -0.25) is 0 Å². The van der Waals surface area contributed by atoms with Crippen LogP contribution in [-0.2, 0) is 0 Å². The van der Waals surface area contributed by atoms with Crippen molar-refractivity contribution < 1.29 is 0 Å². The zero-order valence-corrected chi connectivity index (χ0v) is 56.3. The molecule has 0 fully saturated rings. The van der Waals surface area contributed by atoms with Gasteiger partial charge in [-0.1, -0.05) is 321 Å². The van der Waals surface area contributed by atoms with Crippen molar-refractivity contribution in [2.45, 2.75) is 341 Å². The molecule has 0 heteroatoms. The summed E-state index contributed by atoms with van der Waals surface area (Å²) in [6.07, 6.45) is 14.7. The van der Waals surface area contributed by atoms with Crippen molar-refractivity contribution in [2.24, 2.45) is 98.6 Å².